The molecule has 1 amide bonds. The van der Waals surface area contributed by atoms with Gasteiger partial charge in [-0.3, -0.25) is 9.59 Å². The van der Waals surface area contributed by atoms with Gasteiger partial charge >= 0.3 is 0 Å². The lowest BCUT2D eigenvalue weighted by atomic mass is 9.75. The Morgan fingerprint density at radius 3 is 2.59 bits per heavy atom. The van der Waals surface area contributed by atoms with Crippen LogP contribution in [0.3, 0.4) is 0 Å². The fourth-order valence-electron chi connectivity index (χ4n) is 5.67. The van der Waals surface area contributed by atoms with Crippen molar-refractivity contribution in [2.45, 2.75) is 97.1 Å². The molecule has 160 valence electrons. The number of nitrogens with zero attached hydrogens (tertiary/aromatic N) is 1. The van der Waals surface area contributed by atoms with Crippen LogP contribution >= 0.6 is 0 Å². The van der Waals surface area contributed by atoms with Crippen molar-refractivity contribution in [1.82, 2.24) is 9.88 Å². The number of fused-ring (bicyclic) bond motifs is 1. The molecule has 0 radical (unpaired) electrons. The summed E-state index contributed by atoms with van der Waals surface area (Å²) in [5, 5.41) is 3.04. The molecule has 1 N–H and O–H groups in total. The quantitative estimate of drug-likeness (QED) is 0.802. The maximum Gasteiger partial charge on any atom is 0.224 e. The average molecular weight is 401 g/mol. The minimum Gasteiger partial charge on any atom is -0.376 e. The van der Waals surface area contributed by atoms with E-state index in [1.54, 1.807) is 0 Å². The lowest BCUT2D eigenvalue weighted by Gasteiger charge is -2.33. The molecule has 1 saturated heterocycles. The van der Waals surface area contributed by atoms with E-state index in [0.29, 0.717) is 25.4 Å². The van der Waals surface area contributed by atoms with Gasteiger partial charge in [-0.25, -0.2) is 0 Å². The summed E-state index contributed by atoms with van der Waals surface area (Å²) in [5.41, 5.74) is 4.15. The van der Waals surface area contributed by atoms with E-state index in [-0.39, 0.29) is 23.2 Å². The predicted molar refractivity (Wildman–Crippen MR) is 113 cm³/mol. The summed E-state index contributed by atoms with van der Waals surface area (Å²) in [5.74, 6) is 0.223. The Morgan fingerprint density at radius 2 is 1.90 bits per heavy atom. The first-order valence-corrected chi connectivity index (χ1v) is 11.5. The van der Waals surface area contributed by atoms with E-state index in [1.165, 1.54) is 37.8 Å². The number of hydrogen-bond donors (Lipinski definition) is 1. The molecule has 2 fully saturated rings. The number of Topliss-reactive ketones (excluding diaryl/α,β-unsaturated/α-hetero) is 1. The maximum atomic E-state index is 13.2. The number of ether oxygens (including phenoxy) is 1. The molecule has 5 heteroatoms. The molecule has 1 saturated carbocycles. The number of carbonyl (C=O) groups excluding carboxylic acids is 2. The van der Waals surface area contributed by atoms with Gasteiger partial charge in [0.1, 0.15) is 0 Å². The lowest BCUT2D eigenvalue weighted by Crippen LogP contribution is -2.33. The zero-order chi connectivity index (χ0) is 20.6. The Balaban J connectivity index is 1.61. The third-order valence-electron chi connectivity index (χ3n) is 7.07. The summed E-state index contributed by atoms with van der Waals surface area (Å²) >= 11 is 0. The monoisotopic (exact) mass is 400 g/mol. The second-order valence-electron chi connectivity index (χ2n) is 10.1. The second-order valence-corrected chi connectivity index (χ2v) is 10.1. The van der Waals surface area contributed by atoms with Crippen LogP contribution in [0.5, 0.6) is 0 Å². The van der Waals surface area contributed by atoms with Gasteiger partial charge in [-0.05, 0) is 50.0 Å². The maximum absolute atomic E-state index is 13.2. The summed E-state index contributed by atoms with van der Waals surface area (Å²) in [4.78, 5) is 25.9. The lowest BCUT2D eigenvalue weighted by molar-refractivity contribution is -0.120. The normalized spacial score (nSPS) is 24.5. The van der Waals surface area contributed by atoms with Gasteiger partial charge in [0.15, 0.2) is 5.78 Å². The van der Waals surface area contributed by atoms with Gasteiger partial charge in [0.2, 0.25) is 5.91 Å². The van der Waals surface area contributed by atoms with Crippen LogP contribution in [0.1, 0.15) is 98.6 Å². The standard InChI is InChI=1S/C24H36N2O3/c1-16-19(12-22(28)25-15-18-10-7-11-29-18)23-20(13-24(2,3)14-21(23)27)26(16)17-8-5-4-6-9-17/h17-18H,4-15H2,1-3H3,(H,25,28)/t18-/m0/s1. The van der Waals surface area contributed by atoms with Gasteiger partial charge < -0.3 is 14.6 Å². The van der Waals surface area contributed by atoms with Crippen LogP contribution in [0.15, 0.2) is 0 Å². The summed E-state index contributed by atoms with van der Waals surface area (Å²) in [6.07, 6.45) is 10.2. The van der Waals surface area contributed by atoms with Crippen molar-refractivity contribution in [2.24, 2.45) is 5.41 Å². The van der Waals surface area contributed by atoms with Crippen molar-refractivity contribution in [2.75, 3.05) is 13.2 Å². The minimum atomic E-state index is -0.0133. The highest BCUT2D eigenvalue weighted by atomic mass is 16.5. The number of carbonyl (C=O) groups is 2. The molecule has 3 aliphatic rings. The van der Waals surface area contributed by atoms with Gasteiger partial charge in [-0.2, -0.15) is 0 Å². The molecule has 29 heavy (non-hydrogen) atoms. The smallest absolute Gasteiger partial charge is 0.224 e. The highest BCUT2D eigenvalue weighted by molar-refractivity contribution is 6.01. The van der Waals surface area contributed by atoms with Crippen molar-refractivity contribution in [1.29, 1.82) is 0 Å². The molecular weight excluding hydrogens is 364 g/mol. The van der Waals surface area contributed by atoms with E-state index in [0.717, 1.165) is 42.7 Å². The van der Waals surface area contributed by atoms with Crippen molar-refractivity contribution < 1.29 is 14.3 Å². The third-order valence-corrected chi connectivity index (χ3v) is 7.07. The summed E-state index contributed by atoms with van der Waals surface area (Å²) in [6.45, 7) is 7.87. The summed E-state index contributed by atoms with van der Waals surface area (Å²) in [6, 6.07) is 0.475. The van der Waals surface area contributed by atoms with E-state index in [2.05, 4.69) is 30.7 Å². The topological polar surface area (TPSA) is 60.3 Å². The van der Waals surface area contributed by atoms with Crippen molar-refractivity contribution in [3.8, 4) is 0 Å². The summed E-state index contributed by atoms with van der Waals surface area (Å²) < 4.78 is 8.07. The van der Waals surface area contributed by atoms with Crippen molar-refractivity contribution in [3.05, 3.63) is 22.5 Å². The number of rotatable bonds is 5. The molecule has 0 unspecified atom stereocenters. The highest BCUT2D eigenvalue weighted by Crippen LogP contribution is 2.42. The number of ketones is 1. The molecule has 0 aromatic carbocycles. The van der Waals surface area contributed by atoms with Gasteiger partial charge in [0.25, 0.3) is 0 Å². The molecule has 2 aliphatic carbocycles. The van der Waals surface area contributed by atoms with Gasteiger partial charge in [-0.15, -0.1) is 0 Å². The van der Waals surface area contributed by atoms with E-state index in [9.17, 15) is 9.59 Å². The Morgan fingerprint density at radius 1 is 1.14 bits per heavy atom. The molecule has 0 bridgehead atoms. The molecule has 0 spiro atoms. The molecule has 5 nitrogen and oxygen atoms in total. The Kier molecular flexibility index (Phi) is 5.87. The Hall–Kier alpha value is -1.62. The number of amides is 1. The van der Waals surface area contributed by atoms with E-state index in [1.807, 2.05) is 0 Å². The molecule has 1 aromatic rings. The van der Waals surface area contributed by atoms with Gasteiger partial charge in [0.05, 0.1) is 12.5 Å². The van der Waals surface area contributed by atoms with E-state index >= 15 is 0 Å². The first-order chi connectivity index (χ1) is 13.9. The third kappa shape index (κ3) is 4.30. The van der Waals surface area contributed by atoms with Crippen LogP contribution in [-0.4, -0.2) is 35.5 Å². The van der Waals surface area contributed by atoms with Crippen LogP contribution in [0.4, 0.5) is 0 Å². The van der Waals surface area contributed by atoms with Crippen LogP contribution in [0.2, 0.25) is 0 Å². The minimum absolute atomic E-state index is 0.00447. The Labute approximate surface area is 174 Å². The van der Waals surface area contributed by atoms with Gasteiger partial charge in [-0.1, -0.05) is 33.1 Å². The SMILES string of the molecule is Cc1c(CC(=O)NC[C@@H]2CCCO2)c2c(n1C1CCCCC1)CC(C)(C)CC2=O. The average Bonchev–Trinajstić information content (AvgIpc) is 3.27. The summed E-state index contributed by atoms with van der Waals surface area (Å²) in [7, 11) is 0. The number of aromatic nitrogens is 1. The molecule has 1 aromatic heterocycles. The highest BCUT2D eigenvalue weighted by Gasteiger charge is 2.38. The molecule has 4 rings (SSSR count). The first-order valence-electron chi connectivity index (χ1n) is 11.5. The van der Waals surface area contributed by atoms with Crippen molar-refractivity contribution >= 4 is 11.7 Å². The van der Waals surface area contributed by atoms with Crippen LogP contribution in [0, 0.1) is 12.3 Å². The zero-order valence-electron chi connectivity index (χ0n) is 18.3. The zero-order valence-corrected chi connectivity index (χ0v) is 18.3. The molecular formula is C24H36N2O3. The second kappa shape index (κ2) is 8.25. The Bertz CT molecular complexity index is 781. The first kappa shape index (κ1) is 20.6. The van der Waals surface area contributed by atoms with Crippen LogP contribution < -0.4 is 5.32 Å². The largest absolute Gasteiger partial charge is 0.376 e. The van der Waals surface area contributed by atoms with E-state index in [4.69, 9.17) is 4.74 Å². The fraction of sp³-hybridized carbons (Fsp3) is 0.750. The fourth-order valence-corrected chi connectivity index (χ4v) is 5.67. The van der Waals surface area contributed by atoms with Gasteiger partial charge in [0, 0.05) is 42.6 Å². The molecule has 2 heterocycles. The molecule has 1 atom stereocenters. The predicted octanol–water partition coefficient (Wildman–Crippen LogP) is 4.29. The number of hydrogen-bond acceptors (Lipinski definition) is 3. The van der Waals surface area contributed by atoms with E-state index < -0.39 is 0 Å². The number of nitrogens with one attached hydrogen (secondary N) is 1. The van der Waals surface area contributed by atoms with Crippen molar-refractivity contribution in [3.63, 3.8) is 0 Å². The molecule has 1 aliphatic heterocycles. The van der Waals surface area contributed by atoms with Crippen LogP contribution in [-0.2, 0) is 22.4 Å². The van der Waals surface area contributed by atoms with Crippen LogP contribution in [0.25, 0.3) is 0 Å².